The van der Waals surface area contributed by atoms with Gasteiger partial charge in [-0.25, -0.2) is 0 Å². The molecule has 0 aliphatic heterocycles. The van der Waals surface area contributed by atoms with E-state index in [1.165, 1.54) is 19.3 Å². The maximum absolute atomic E-state index is 12.4. The van der Waals surface area contributed by atoms with Crippen molar-refractivity contribution in [1.82, 2.24) is 0 Å². The molecule has 0 saturated heterocycles. The van der Waals surface area contributed by atoms with Gasteiger partial charge in [0.2, 0.25) is 0 Å². The summed E-state index contributed by atoms with van der Waals surface area (Å²) in [4.78, 5) is 11.0. The van der Waals surface area contributed by atoms with Crippen LogP contribution in [0.2, 0.25) is 0 Å². The van der Waals surface area contributed by atoms with E-state index in [0.29, 0.717) is 10.9 Å². The van der Waals surface area contributed by atoms with Crippen LogP contribution in [-0.4, -0.2) is 5.78 Å². The first kappa shape index (κ1) is 11.7. The zero-order chi connectivity index (χ0) is 12.6. The number of ketones is 1. The number of carbonyl (C=O) groups excluding carboxylic acids is 1. The number of carbonyl (C=O) groups is 1. The SMILES string of the molecule is CC(=O)Cc1coc2cc(C(F)(F)F)ccc12. The summed E-state index contributed by atoms with van der Waals surface area (Å²) in [7, 11) is 0. The third-order valence-electron chi connectivity index (χ3n) is 2.42. The molecule has 0 atom stereocenters. The molecule has 0 aliphatic rings. The average Bonchev–Trinajstić information content (AvgIpc) is 2.59. The Morgan fingerprint density at radius 3 is 2.65 bits per heavy atom. The zero-order valence-electron chi connectivity index (χ0n) is 8.97. The topological polar surface area (TPSA) is 30.2 Å². The van der Waals surface area contributed by atoms with E-state index in [9.17, 15) is 18.0 Å². The molecule has 1 aromatic carbocycles. The zero-order valence-corrected chi connectivity index (χ0v) is 8.97. The minimum absolute atomic E-state index is 0.0624. The Labute approximate surface area is 95.0 Å². The predicted octanol–water partition coefficient (Wildman–Crippen LogP) is 3.58. The highest BCUT2D eigenvalue weighted by molar-refractivity contribution is 5.87. The van der Waals surface area contributed by atoms with Gasteiger partial charge in [0.05, 0.1) is 11.8 Å². The minimum atomic E-state index is -4.39. The van der Waals surface area contributed by atoms with E-state index in [1.807, 2.05) is 0 Å². The van der Waals surface area contributed by atoms with Crippen LogP contribution in [0.4, 0.5) is 13.2 Å². The molecule has 5 heteroatoms. The summed E-state index contributed by atoms with van der Waals surface area (Å²) in [6.45, 7) is 1.42. The molecule has 0 amide bonds. The van der Waals surface area contributed by atoms with Crippen LogP contribution >= 0.6 is 0 Å². The third-order valence-corrected chi connectivity index (χ3v) is 2.42. The van der Waals surface area contributed by atoms with Gasteiger partial charge in [-0.05, 0) is 19.1 Å². The quantitative estimate of drug-likeness (QED) is 0.805. The van der Waals surface area contributed by atoms with Gasteiger partial charge in [-0.15, -0.1) is 0 Å². The van der Waals surface area contributed by atoms with Crippen molar-refractivity contribution in [2.24, 2.45) is 0 Å². The summed E-state index contributed by atoms with van der Waals surface area (Å²) < 4.78 is 42.3. The first-order valence-corrected chi connectivity index (χ1v) is 4.94. The molecular weight excluding hydrogens is 233 g/mol. The minimum Gasteiger partial charge on any atom is -0.464 e. The Balaban J connectivity index is 2.48. The second-order valence-corrected chi connectivity index (χ2v) is 3.85. The summed E-state index contributed by atoms with van der Waals surface area (Å²) in [5.41, 5.74) is 0.00558. The number of alkyl halides is 3. The number of benzene rings is 1. The van der Waals surface area contributed by atoms with E-state index in [4.69, 9.17) is 4.42 Å². The molecule has 0 aliphatic carbocycles. The van der Waals surface area contributed by atoms with Gasteiger partial charge in [0.1, 0.15) is 11.4 Å². The Hall–Kier alpha value is -1.78. The highest BCUT2D eigenvalue weighted by Gasteiger charge is 2.31. The highest BCUT2D eigenvalue weighted by atomic mass is 19.4. The largest absolute Gasteiger partial charge is 0.464 e. The van der Waals surface area contributed by atoms with Gasteiger partial charge < -0.3 is 4.42 Å². The molecule has 0 saturated carbocycles. The van der Waals surface area contributed by atoms with E-state index in [1.54, 1.807) is 0 Å². The molecule has 1 aromatic heterocycles. The highest BCUT2D eigenvalue weighted by Crippen LogP contribution is 2.32. The van der Waals surface area contributed by atoms with Gasteiger partial charge in [-0.2, -0.15) is 13.2 Å². The second kappa shape index (κ2) is 3.91. The van der Waals surface area contributed by atoms with Gasteiger partial charge in [0.25, 0.3) is 0 Å². The number of furan rings is 1. The Morgan fingerprint density at radius 2 is 2.06 bits per heavy atom. The normalized spacial score (nSPS) is 12.0. The van der Waals surface area contributed by atoms with Gasteiger partial charge >= 0.3 is 6.18 Å². The van der Waals surface area contributed by atoms with Crippen LogP contribution in [0.15, 0.2) is 28.9 Å². The van der Waals surface area contributed by atoms with Crippen molar-refractivity contribution in [2.45, 2.75) is 19.5 Å². The molecular formula is C12H9F3O2. The second-order valence-electron chi connectivity index (χ2n) is 3.85. The van der Waals surface area contributed by atoms with E-state index in [2.05, 4.69) is 0 Å². The van der Waals surface area contributed by atoms with Crippen molar-refractivity contribution >= 4 is 16.8 Å². The molecule has 2 aromatic rings. The third kappa shape index (κ3) is 2.33. The molecule has 1 heterocycles. The number of halogens is 3. The van der Waals surface area contributed by atoms with Crippen LogP contribution in [0.1, 0.15) is 18.1 Å². The average molecular weight is 242 g/mol. The lowest BCUT2D eigenvalue weighted by Crippen LogP contribution is -2.04. The van der Waals surface area contributed by atoms with Crippen LogP contribution in [0, 0.1) is 0 Å². The Morgan fingerprint density at radius 1 is 1.35 bits per heavy atom. The van der Waals surface area contributed by atoms with E-state index in [0.717, 1.165) is 12.1 Å². The van der Waals surface area contributed by atoms with Crippen LogP contribution in [-0.2, 0) is 17.4 Å². The molecule has 0 spiro atoms. The summed E-state index contributed by atoms with van der Waals surface area (Å²) in [5, 5.41) is 0.549. The van der Waals surface area contributed by atoms with Gasteiger partial charge in [-0.1, -0.05) is 6.07 Å². The molecule has 0 unspecified atom stereocenters. The molecule has 17 heavy (non-hydrogen) atoms. The smallest absolute Gasteiger partial charge is 0.416 e. The van der Waals surface area contributed by atoms with E-state index >= 15 is 0 Å². The predicted molar refractivity (Wildman–Crippen MR) is 55.6 cm³/mol. The van der Waals surface area contributed by atoms with Crippen molar-refractivity contribution in [3.8, 4) is 0 Å². The number of hydrogen-bond acceptors (Lipinski definition) is 2. The molecule has 0 bridgehead atoms. The molecule has 2 nitrogen and oxygen atoms in total. The molecule has 0 radical (unpaired) electrons. The lowest BCUT2D eigenvalue weighted by atomic mass is 10.1. The number of fused-ring (bicyclic) bond motifs is 1. The lowest BCUT2D eigenvalue weighted by Gasteiger charge is -2.05. The summed E-state index contributed by atoms with van der Waals surface area (Å²) >= 11 is 0. The first-order valence-electron chi connectivity index (χ1n) is 4.94. The molecule has 0 fully saturated rings. The fourth-order valence-electron chi connectivity index (χ4n) is 1.66. The molecule has 0 N–H and O–H groups in total. The van der Waals surface area contributed by atoms with Crippen molar-refractivity contribution in [3.63, 3.8) is 0 Å². The van der Waals surface area contributed by atoms with Crippen LogP contribution in [0.25, 0.3) is 11.0 Å². The maximum Gasteiger partial charge on any atom is 0.416 e. The Kier molecular flexibility index (Phi) is 2.69. The number of hydrogen-bond donors (Lipinski definition) is 0. The van der Waals surface area contributed by atoms with Crippen molar-refractivity contribution in [3.05, 3.63) is 35.6 Å². The fraction of sp³-hybridized carbons (Fsp3) is 0.250. The fourth-order valence-corrected chi connectivity index (χ4v) is 1.66. The standard InChI is InChI=1S/C12H9F3O2/c1-7(16)4-8-6-17-11-5-9(12(13,14)15)2-3-10(8)11/h2-3,5-6H,4H2,1H3. The maximum atomic E-state index is 12.4. The van der Waals surface area contributed by atoms with E-state index < -0.39 is 11.7 Å². The number of Topliss-reactive ketones (excluding diaryl/α,β-unsaturated/α-hetero) is 1. The van der Waals surface area contributed by atoms with Gasteiger partial charge in [0.15, 0.2) is 0 Å². The van der Waals surface area contributed by atoms with Crippen LogP contribution < -0.4 is 0 Å². The van der Waals surface area contributed by atoms with Crippen LogP contribution in [0.5, 0.6) is 0 Å². The summed E-state index contributed by atoms with van der Waals surface area (Å²) in [6, 6.07) is 3.26. The Bertz CT molecular complexity index is 567. The lowest BCUT2D eigenvalue weighted by molar-refractivity contribution is -0.137. The number of rotatable bonds is 2. The van der Waals surface area contributed by atoms with Crippen molar-refractivity contribution in [2.75, 3.05) is 0 Å². The van der Waals surface area contributed by atoms with Gasteiger partial charge in [-0.3, -0.25) is 4.79 Å². The van der Waals surface area contributed by atoms with E-state index in [-0.39, 0.29) is 17.8 Å². The van der Waals surface area contributed by atoms with Gasteiger partial charge in [0, 0.05) is 17.4 Å². The van der Waals surface area contributed by atoms with Crippen molar-refractivity contribution < 1.29 is 22.4 Å². The summed E-state index contributed by atoms with van der Waals surface area (Å²) in [5.74, 6) is -0.0624. The first-order chi connectivity index (χ1) is 7.88. The summed E-state index contributed by atoms with van der Waals surface area (Å²) in [6.07, 6.45) is -2.90. The monoisotopic (exact) mass is 242 g/mol. The van der Waals surface area contributed by atoms with Crippen LogP contribution in [0.3, 0.4) is 0 Å². The molecule has 2 rings (SSSR count). The molecule has 90 valence electrons. The van der Waals surface area contributed by atoms with Crippen molar-refractivity contribution in [1.29, 1.82) is 0 Å².